The van der Waals surface area contributed by atoms with Crippen molar-refractivity contribution in [2.24, 2.45) is 5.92 Å². The van der Waals surface area contributed by atoms with E-state index < -0.39 is 0 Å². The summed E-state index contributed by atoms with van der Waals surface area (Å²) < 4.78 is 0. The van der Waals surface area contributed by atoms with Gasteiger partial charge in [0.05, 0.1) is 6.10 Å². The Morgan fingerprint density at radius 2 is 2.13 bits per heavy atom. The van der Waals surface area contributed by atoms with Gasteiger partial charge in [-0.1, -0.05) is 30.3 Å². The number of aliphatic hydroxyl groups excluding tert-OH is 1. The third-order valence-corrected chi connectivity index (χ3v) is 3.15. The summed E-state index contributed by atoms with van der Waals surface area (Å²) in [4.78, 5) is 0. The van der Waals surface area contributed by atoms with Crippen molar-refractivity contribution in [3.05, 3.63) is 35.9 Å². The molecule has 2 rings (SSSR count). The van der Waals surface area contributed by atoms with Crippen LogP contribution in [0.2, 0.25) is 0 Å². The van der Waals surface area contributed by atoms with Crippen molar-refractivity contribution in [3.8, 4) is 12.3 Å². The summed E-state index contributed by atoms with van der Waals surface area (Å²) in [7, 11) is 0. The van der Waals surface area contributed by atoms with Crippen LogP contribution in [-0.2, 0) is 0 Å². The van der Waals surface area contributed by atoms with E-state index in [0.717, 1.165) is 12.8 Å². The molecule has 1 aromatic rings. The number of terminal acetylenes is 1. The fourth-order valence-electron chi connectivity index (χ4n) is 2.17. The highest BCUT2D eigenvalue weighted by Crippen LogP contribution is 2.50. The number of benzene rings is 1. The first-order valence-corrected chi connectivity index (χ1v) is 5.49. The number of rotatable bonds is 4. The molecular formula is C14H16O. The van der Waals surface area contributed by atoms with Crippen LogP contribution in [-0.4, -0.2) is 11.2 Å². The standard InChI is InChI=1S/C14H16O/c1-2-3-9-14(15)13-10-12(13)11-7-5-4-6-8-11/h1,4-8,12-15H,3,9-10H2. The summed E-state index contributed by atoms with van der Waals surface area (Å²) in [5, 5.41) is 9.86. The number of hydrogen-bond acceptors (Lipinski definition) is 1. The van der Waals surface area contributed by atoms with Gasteiger partial charge in [0.15, 0.2) is 0 Å². The Kier molecular flexibility index (Phi) is 3.08. The van der Waals surface area contributed by atoms with Crippen LogP contribution in [0, 0.1) is 18.3 Å². The Balaban J connectivity index is 1.89. The van der Waals surface area contributed by atoms with E-state index in [9.17, 15) is 5.11 Å². The second-order valence-corrected chi connectivity index (χ2v) is 4.23. The van der Waals surface area contributed by atoms with Gasteiger partial charge in [0, 0.05) is 6.42 Å². The molecule has 1 fully saturated rings. The number of hydrogen-bond donors (Lipinski definition) is 1. The third-order valence-electron chi connectivity index (χ3n) is 3.15. The highest BCUT2D eigenvalue weighted by molar-refractivity contribution is 5.26. The molecule has 0 aliphatic heterocycles. The lowest BCUT2D eigenvalue weighted by Gasteiger charge is -2.07. The van der Waals surface area contributed by atoms with Gasteiger partial charge in [-0.05, 0) is 30.2 Å². The van der Waals surface area contributed by atoms with E-state index >= 15 is 0 Å². The van der Waals surface area contributed by atoms with E-state index in [1.54, 1.807) is 0 Å². The molecule has 0 spiro atoms. The molecule has 0 heterocycles. The Morgan fingerprint density at radius 3 is 2.80 bits per heavy atom. The maximum Gasteiger partial charge on any atom is 0.0583 e. The van der Waals surface area contributed by atoms with E-state index in [0.29, 0.717) is 18.3 Å². The van der Waals surface area contributed by atoms with Gasteiger partial charge in [0.2, 0.25) is 0 Å². The zero-order chi connectivity index (χ0) is 10.7. The van der Waals surface area contributed by atoms with Crippen LogP contribution in [0.4, 0.5) is 0 Å². The van der Waals surface area contributed by atoms with Gasteiger partial charge in [-0.15, -0.1) is 12.3 Å². The summed E-state index contributed by atoms with van der Waals surface area (Å²) in [5.41, 5.74) is 1.35. The Bertz CT molecular complexity index is 349. The van der Waals surface area contributed by atoms with E-state index in [1.165, 1.54) is 5.56 Å². The summed E-state index contributed by atoms with van der Waals surface area (Å²) in [6.45, 7) is 0. The molecule has 15 heavy (non-hydrogen) atoms. The van der Waals surface area contributed by atoms with Crippen LogP contribution >= 0.6 is 0 Å². The lowest BCUT2D eigenvalue weighted by Crippen LogP contribution is -2.09. The quantitative estimate of drug-likeness (QED) is 0.741. The first-order valence-electron chi connectivity index (χ1n) is 5.49. The smallest absolute Gasteiger partial charge is 0.0583 e. The van der Waals surface area contributed by atoms with Crippen molar-refractivity contribution in [2.45, 2.75) is 31.3 Å². The van der Waals surface area contributed by atoms with Crippen LogP contribution in [0.25, 0.3) is 0 Å². The largest absolute Gasteiger partial charge is 0.393 e. The van der Waals surface area contributed by atoms with Crippen LogP contribution < -0.4 is 0 Å². The summed E-state index contributed by atoms with van der Waals surface area (Å²) in [6.07, 6.45) is 7.49. The minimum absolute atomic E-state index is 0.216. The third kappa shape index (κ3) is 2.40. The lowest BCUT2D eigenvalue weighted by atomic mass is 10.0. The van der Waals surface area contributed by atoms with Crippen molar-refractivity contribution in [2.75, 3.05) is 0 Å². The maximum atomic E-state index is 9.86. The summed E-state index contributed by atoms with van der Waals surface area (Å²) >= 11 is 0. The molecule has 3 unspecified atom stereocenters. The van der Waals surface area contributed by atoms with Crippen LogP contribution in [0.5, 0.6) is 0 Å². The van der Waals surface area contributed by atoms with Gasteiger partial charge >= 0.3 is 0 Å². The van der Waals surface area contributed by atoms with Crippen molar-refractivity contribution in [1.82, 2.24) is 0 Å². The Hall–Kier alpha value is -1.26. The predicted molar refractivity (Wildman–Crippen MR) is 61.4 cm³/mol. The van der Waals surface area contributed by atoms with Crippen LogP contribution in [0.15, 0.2) is 30.3 Å². The first kappa shape index (κ1) is 10.3. The zero-order valence-electron chi connectivity index (χ0n) is 8.76. The minimum Gasteiger partial charge on any atom is -0.393 e. The topological polar surface area (TPSA) is 20.2 Å². The molecule has 1 heteroatoms. The highest BCUT2D eigenvalue weighted by Gasteiger charge is 2.42. The van der Waals surface area contributed by atoms with Crippen molar-refractivity contribution < 1.29 is 5.11 Å². The molecular weight excluding hydrogens is 184 g/mol. The van der Waals surface area contributed by atoms with E-state index in [-0.39, 0.29) is 6.10 Å². The molecule has 0 radical (unpaired) electrons. The second kappa shape index (κ2) is 4.51. The van der Waals surface area contributed by atoms with Crippen LogP contribution in [0.1, 0.15) is 30.7 Å². The molecule has 0 bridgehead atoms. The fourth-order valence-corrected chi connectivity index (χ4v) is 2.17. The molecule has 1 N–H and O–H groups in total. The van der Waals surface area contributed by atoms with E-state index in [1.807, 2.05) is 6.07 Å². The molecule has 1 aliphatic rings. The molecule has 1 aliphatic carbocycles. The van der Waals surface area contributed by atoms with E-state index in [2.05, 4.69) is 30.2 Å². The molecule has 78 valence electrons. The zero-order valence-corrected chi connectivity index (χ0v) is 8.76. The normalized spacial score (nSPS) is 25.6. The molecule has 1 aromatic carbocycles. The Labute approximate surface area is 91.1 Å². The minimum atomic E-state index is -0.216. The maximum absolute atomic E-state index is 9.86. The lowest BCUT2D eigenvalue weighted by molar-refractivity contribution is 0.141. The van der Waals surface area contributed by atoms with Crippen molar-refractivity contribution >= 4 is 0 Å². The van der Waals surface area contributed by atoms with Gasteiger partial charge in [-0.25, -0.2) is 0 Å². The molecule has 1 saturated carbocycles. The van der Waals surface area contributed by atoms with Gasteiger partial charge < -0.3 is 5.11 Å². The first-order chi connectivity index (χ1) is 7.33. The monoisotopic (exact) mass is 200 g/mol. The predicted octanol–water partition coefficient (Wildman–Crippen LogP) is 2.56. The van der Waals surface area contributed by atoms with Crippen LogP contribution in [0.3, 0.4) is 0 Å². The molecule has 1 nitrogen and oxygen atoms in total. The summed E-state index contributed by atoms with van der Waals surface area (Å²) in [6, 6.07) is 10.4. The average Bonchev–Trinajstić information content (AvgIpc) is 3.07. The summed E-state index contributed by atoms with van der Waals surface area (Å²) in [5.74, 6) is 3.56. The van der Waals surface area contributed by atoms with Crippen molar-refractivity contribution in [3.63, 3.8) is 0 Å². The highest BCUT2D eigenvalue weighted by atomic mass is 16.3. The Morgan fingerprint density at radius 1 is 1.40 bits per heavy atom. The average molecular weight is 200 g/mol. The van der Waals surface area contributed by atoms with Gasteiger partial charge in [-0.3, -0.25) is 0 Å². The molecule has 0 saturated heterocycles. The molecule has 0 aromatic heterocycles. The van der Waals surface area contributed by atoms with Gasteiger partial charge in [-0.2, -0.15) is 0 Å². The fraction of sp³-hybridized carbons (Fsp3) is 0.429. The number of aliphatic hydroxyl groups is 1. The van der Waals surface area contributed by atoms with Gasteiger partial charge in [0.1, 0.15) is 0 Å². The van der Waals surface area contributed by atoms with Gasteiger partial charge in [0.25, 0.3) is 0 Å². The SMILES string of the molecule is C#CCCC(O)C1CC1c1ccccc1. The molecule has 3 atom stereocenters. The second-order valence-electron chi connectivity index (χ2n) is 4.23. The van der Waals surface area contributed by atoms with Crippen molar-refractivity contribution in [1.29, 1.82) is 0 Å². The van der Waals surface area contributed by atoms with E-state index in [4.69, 9.17) is 6.42 Å². The molecule has 0 amide bonds.